The lowest BCUT2D eigenvalue weighted by Gasteiger charge is -2.33. The molecule has 0 spiro atoms. The molecule has 1 amide bonds. The number of likely N-dealkylation sites (N-methyl/N-ethyl adjacent to an activating group) is 1. The van der Waals surface area contributed by atoms with Gasteiger partial charge in [0.15, 0.2) is 17.5 Å². The number of aromatic nitrogens is 5. The van der Waals surface area contributed by atoms with Gasteiger partial charge in [-0.3, -0.25) is 9.59 Å². The minimum absolute atomic E-state index is 0.172. The van der Waals surface area contributed by atoms with Crippen LogP contribution in [0.4, 0.5) is 22.0 Å². The number of carbonyl (C=O) groups is 2. The molecule has 3 heterocycles. The normalized spacial score (nSPS) is 14.9. The van der Waals surface area contributed by atoms with Crippen LogP contribution in [-0.2, 0) is 6.54 Å². The number of imidazole rings is 1. The smallest absolute Gasteiger partial charge is 0.406 e. The summed E-state index contributed by atoms with van der Waals surface area (Å²) in [5, 5.41) is 10.4. The van der Waals surface area contributed by atoms with Crippen molar-refractivity contribution < 1.29 is 36.3 Å². The summed E-state index contributed by atoms with van der Waals surface area (Å²) in [7, 11) is 3.09. The van der Waals surface area contributed by atoms with Gasteiger partial charge < -0.3 is 19.1 Å². The summed E-state index contributed by atoms with van der Waals surface area (Å²) in [4.78, 5) is 35.2. The van der Waals surface area contributed by atoms with E-state index >= 15 is 0 Å². The molecule has 2 aromatic heterocycles. The SMILES string of the molecule is COc1ccc(-c2cn[nH]n2)cc1C(=O)N(C)CC(CCN1CCC(C(=O)c2nc3ccccc3n2CC(F)(F)F)CC1)c1ccc(F)c(F)c1. The number of nitrogens with one attached hydrogen (secondary N) is 1. The molecule has 0 aliphatic carbocycles. The molecular weight excluding hydrogens is 673 g/mol. The van der Waals surface area contributed by atoms with E-state index in [0.29, 0.717) is 72.5 Å². The van der Waals surface area contributed by atoms with Crippen LogP contribution in [0.2, 0.25) is 0 Å². The van der Waals surface area contributed by atoms with Crippen LogP contribution in [0.1, 0.15) is 51.7 Å². The fourth-order valence-electron chi connectivity index (χ4n) is 6.67. The molecule has 268 valence electrons. The number of methoxy groups -OCH3 is 1. The highest BCUT2D eigenvalue weighted by molar-refractivity contribution is 5.98. The van der Waals surface area contributed by atoms with Crippen LogP contribution in [-0.4, -0.2) is 93.0 Å². The van der Waals surface area contributed by atoms with Gasteiger partial charge in [-0.05, 0) is 86.9 Å². The van der Waals surface area contributed by atoms with Gasteiger partial charge in [-0.2, -0.15) is 28.6 Å². The van der Waals surface area contributed by atoms with Crippen LogP contribution < -0.4 is 4.74 Å². The fraction of sp³-hybridized carbons (Fsp3) is 0.361. The zero-order chi connectivity index (χ0) is 36.3. The average molecular weight is 710 g/mol. The summed E-state index contributed by atoms with van der Waals surface area (Å²) in [5.41, 5.74) is 2.58. The van der Waals surface area contributed by atoms with Crippen molar-refractivity contribution in [3.63, 3.8) is 0 Å². The molecule has 0 bridgehead atoms. The number of nitrogens with zero attached hydrogens (tertiary/aromatic N) is 6. The Morgan fingerprint density at radius 1 is 1.04 bits per heavy atom. The molecular formula is C36H36F5N7O3. The number of amides is 1. The molecule has 15 heteroatoms. The van der Waals surface area contributed by atoms with Gasteiger partial charge in [-0.25, -0.2) is 13.8 Å². The number of hydrogen-bond acceptors (Lipinski definition) is 7. The fourth-order valence-corrected chi connectivity index (χ4v) is 6.67. The minimum atomic E-state index is -4.53. The first-order chi connectivity index (χ1) is 24.4. The van der Waals surface area contributed by atoms with E-state index in [1.165, 1.54) is 30.3 Å². The molecule has 1 atom stereocenters. The van der Waals surface area contributed by atoms with Crippen molar-refractivity contribution in [3.05, 3.63) is 95.4 Å². The third-order valence-corrected chi connectivity index (χ3v) is 9.36. The molecule has 1 fully saturated rings. The monoisotopic (exact) mass is 709 g/mol. The van der Waals surface area contributed by atoms with Gasteiger partial charge in [-0.15, -0.1) is 0 Å². The number of alkyl halides is 3. The number of Topliss-reactive ketones (excluding diaryl/α,β-unsaturated/α-hetero) is 1. The van der Waals surface area contributed by atoms with Gasteiger partial charge in [0, 0.05) is 31.0 Å². The number of benzene rings is 3. The number of para-hydroxylation sites is 2. The van der Waals surface area contributed by atoms with Crippen LogP contribution in [0.5, 0.6) is 5.75 Å². The van der Waals surface area contributed by atoms with Crippen molar-refractivity contribution in [2.75, 3.05) is 40.3 Å². The highest BCUT2D eigenvalue weighted by Crippen LogP contribution is 2.31. The molecule has 3 aromatic carbocycles. The topological polar surface area (TPSA) is 109 Å². The van der Waals surface area contributed by atoms with Gasteiger partial charge in [-0.1, -0.05) is 18.2 Å². The van der Waals surface area contributed by atoms with E-state index in [1.54, 1.807) is 43.4 Å². The number of ketones is 1. The number of H-pyrrole nitrogens is 1. The molecule has 0 saturated carbocycles. The first kappa shape index (κ1) is 35.6. The summed E-state index contributed by atoms with van der Waals surface area (Å²) >= 11 is 0. The lowest BCUT2D eigenvalue weighted by atomic mass is 9.90. The molecule has 10 nitrogen and oxygen atoms in total. The van der Waals surface area contributed by atoms with Gasteiger partial charge in [0.05, 0.1) is 29.9 Å². The molecule has 51 heavy (non-hydrogen) atoms. The van der Waals surface area contributed by atoms with Crippen molar-refractivity contribution in [1.82, 2.24) is 34.8 Å². The predicted molar refractivity (Wildman–Crippen MR) is 178 cm³/mol. The molecule has 1 saturated heterocycles. The van der Waals surface area contributed by atoms with Crippen LogP contribution in [0.3, 0.4) is 0 Å². The van der Waals surface area contributed by atoms with E-state index in [2.05, 4.69) is 25.3 Å². The van der Waals surface area contributed by atoms with E-state index in [0.717, 1.165) is 16.7 Å². The van der Waals surface area contributed by atoms with Gasteiger partial charge in [0.1, 0.15) is 18.0 Å². The van der Waals surface area contributed by atoms with E-state index < -0.39 is 36.1 Å². The van der Waals surface area contributed by atoms with Crippen molar-refractivity contribution in [3.8, 4) is 17.0 Å². The van der Waals surface area contributed by atoms with E-state index in [9.17, 15) is 31.5 Å². The first-order valence-electron chi connectivity index (χ1n) is 16.4. The Kier molecular flexibility index (Phi) is 10.5. The summed E-state index contributed by atoms with van der Waals surface area (Å²) in [6, 6.07) is 15.2. The largest absolute Gasteiger partial charge is 0.496 e. The van der Waals surface area contributed by atoms with Crippen LogP contribution >= 0.6 is 0 Å². The lowest BCUT2D eigenvalue weighted by molar-refractivity contribution is -0.140. The predicted octanol–water partition coefficient (Wildman–Crippen LogP) is 6.51. The highest BCUT2D eigenvalue weighted by Gasteiger charge is 2.35. The van der Waals surface area contributed by atoms with Crippen LogP contribution in [0.15, 0.2) is 66.9 Å². The van der Waals surface area contributed by atoms with Gasteiger partial charge >= 0.3 is 6.18 Å². The van der Waals surface area contributed by atoms with Crippen molar-refractivity contribution in [2.45, 2.75) is 37.9 Å². The number of ether oxygens (including phenoxy) is 1. The molecule has 1 unspecified atom stereocenters. The Hall–Kier alpha value is -5.18. The highest BCUT2D eigenvalue weighted by atomic mass is 19.4. The molecule has 6 rings (SSSR count). The minimum Gasteiger partial charge on any atom is -0.496 e. The first-order valence-corrected chi connectivity index (χ1v) is 16.4. The summed E-state index contributed by atoms with van der Waals surface area (Å²) in [6.07, 6.45) is -1.69. The van der Waals surface area contributed by atoms with E-state index in [1.807, 2.05) is 0 Å². The van der Waals surface area contributed by atoms with Crippen molar-refractivity contribution >= 4 is 22.7 Å². The van der Waals surface area contributed by atoms with Gasteiger partial charge in [0.2, 0.25) is 5.78 Å². The molecule has 1 aliphatic rings. The number of rotatable bonds is 12. The maximum absolute atomic E-state index is 14.4. The number of carbonyl (C=O) groups excluding carboxylic acids is 2. The summed E-state index contributed by atoms with van der Waals surface area (Å²) < 4.78 is 75.2. The summed E-state index contributed by atoms with van der Waals surface area (Å²) in [5.74, 6) is -3.47. The summed E-state index contributed by atoms with van der Waals surface area (Å²) in [6.45, 7) is 0.383. The molecule has 1 aliphatic heterocycles. The Balaban J connectivity index is 1.14. The zero-order valence-corrected chi connectivity index (χ0v) is 28.0. The average Bonchev–Trinajstić information content (AvgIpc) is 3.79. The number of fused-ring (bicyclic) bond motifs is 1. The lowest BCUT2D eigenvalue weighted by Crippen LogP contribution is -2.39. The molecule has 5 aromatic rings. The zero-order valence-electron chi connectivity index (χ0n) is 28.0. The standard InChI is InChI=1S/C36H36F5N7O3/c1-46(35(50)26-17-24(8-10-32(26)51-2)30-19-42-45-44-30)20-25(23-7-9-27(37)28(38)18-23)13-16-47-14-11-22(12-15-47)33(49)34-43-29-5-3-4-6-31(29)48(34)21-36(39,40)41/h3-10,17-19,22,25H,11-16,20-21H2,1-2H3,(H,42,44,45). The number of aromatic amines is 1. The van der Waals surface area contributed by atoms with E-state index in [-0.39, 0.29) is 29.7 Å². The van der Waals surface area contributed by atoms with E-state index in [4.69, 9.17) is 4.74 Å². The van der Waals surface area contributed by atoms with Gasteiger partial charge in [0.25, 0.3) is 5.91 Å². The second kappa shape index (κ2) is 15.0. The Bertz CT molecular complexity index is 2010. The van der Waals surface area contributed by atoms with Crippen molar-refractivity contribution in [2.24, 2.45) is 5.92 Å². The number of halogens is 5. The number of piperidine rings is 1. The molecule has 0 radical (unpaired) electrons. The Labute approximate surface area is 290 Å². The molecule has 1 N–H and O–H groups in total. The second-order valence-electron chi connectivity index (χ2n) is 12.7. The quantitative estimate of drug-likeness (QED) is 0.116. The second-order valence-corrected chi connectivity index (χ2v) is 12.7. The third kappa shape index (κ3) is 8.08. The van der Waals surface area contributed by atoms with Crippen molar-refractivity contribution in [1.29, 1.82) is 0 Å². The van der Waals surface area contributed by atoms with Crippen LogP contribution in [0.25, 0.3) is 22.3 Å². The maximum atomic E-state index is 14.4. The Morgan fingerprint density at radius 2 is 1.80 bits per heavy atom. The third-order valence-electron chi connectivity index (χ3n) is 9.36. The Morgan fingerprint density at radius 3 is 2.49 bits per heavy atom. The number of likely N-dealkylation sites (tertiary alicyclic amines) is 1. The number of hydrogen-bond donors (Lipinski definition) is 1. The van der Waals surface area contributed by atoms with Crippen LogP contribution in [0, 0.1) is 17.6 Å². The maximum Gasteiger partial charge on any atom is 0.406 e.